The SMILES string of the molecule is CC1=NN(c2c(F)c(F)c(F)c(F)c2F)C(=O)/C1=C\c1cc(I)c(OC(C)C)c(I)c1. The molecule has 2 aromatic rings. The van der Waals surface area contributed by atoms with Crippen molar-refractivity contribution in [2.45, 2.75) is 26.9 Å². The van der Waals surface area contributed by atoms with Gasteiger partial charge in [-0.05, 0) is 89.7 Å². The molecule has 1 amide bonds. The molecule has 0 N–H and O–H groups in total. The molecule has 0 bridgehead atoms. The van der Waals surface area contributed by atoms with Crippen molar-refractivity contribution in [3.8, 4) is 5.75 Å². The van der Waals surface area contributed by atoms with Crippen LogP contribution in [0.4, 0.5) is 27.6 Å². The molecule has 0 radical (unpaired) electrons. The summed E-state index contributed by atoms with van der Waals surface area (Å²) in [6.45, 7) is 5.15. The first-order valence-corrected chi connectivity index (χ1v) is 10.9. The number of rotatable bonds is 4. The number of carbonyl (C=O) groups is 1. The van der Waals surface area contributed by atoms with Gasteiger partial charge in [-0.15, -0.1) is 0 Å². The highest BCUT2D eigenvalue weighted by Gasteiger charge is 2.37. The van der Waals surface area contributed by atoms with Gasteiger partial charge in [0.05, 0.1) is 24.5 Å². The summed E-state index contributed by atoms with van der Waals surface area (Å²) in [6, 6.07) is 3.46. The minimum Gasteiger partial charge on any atom is -0.489 e. The van der Waals surface area contributed by atoms with Crippen molar-refractivity contribution in [2.75, 3.05) is 5.01 Å². The fourth-order valence-corrected chi connectivity index (χ4v) is 4.86. The third-order valence-electron chi connectivity index (χ3n) is 4.15. The number of ether oxygens (including phenoxy) is 1. The Hall–Kier alpha value is -1.77. The molecule has 0 saturated heterocycles. The number of benzene rings is 2. The van der Waals surface area contributed by atoms with Crippen molar-refractivity contribution < 1.29 is 31.5 Å². The van der Waals surface area contributed by atoms with Crippen LogP contribution in [0.5, 0.6) is 5.75 Å². The Labute approximate surface area is 201 Å². The molecule has 2 aromatic carbocycles. The van der Waals surface area contributed by atoms with E-state index in [1.165, 1.54) is 13.0 Å². The Morgan fingerprint density at radius 2 is 1.45 bits per heavy atom. The summed E-state index contributed by atoms with van der Waals surface area (Å²) in [5.41, 5.74) is -0.842. The van der Waals surface area contributed by atoms with Crippen LogP contribution < -0.4 is 9.75 Å². The Kier molecular flexibility index (Phi) is 6.93. The van der Waals surface area contributed by atoms with E-state index in [0.717, 1.165) is 7.14 Å². The highest BCUT2D eigenvalue weighted by molar-refractivity contribution is 14.1. The quantitative estimate of drug-likeness (QED) is 0.129. The average Bonchev–Trinajstić information content (AvgIpc) is 2.96. The zero-order valence-corrected chi connectivity index (χ0v) is 20.5. The van der Waals surface area contributed by atoms with Crippen LogP contribution in [-0.2, 0) is 4.79 Å². The molecule has 4 nitrogen and oxygen atoms in total. The van der Waals surface area contributed by atoms with Crippen LogP contribution in [0.3, 0.4) is 0 Å². The van der Waals surface area contributed by atoms with Gasteiger partial charge < -0.3 is 4.74 Å². The topological polar surface area (TPSA) is 41.9 Å². The lowest BCUT2D eigenvalue weighted by molar-refractivity contribution is -0.114. The molecule has 1 aliphatic rings. The normalized spacial score (nSPS) is 15.3. The van der Waals surface area contributed by atoms with E-state index in [1.807, 2.05) is 13.8 Å². The monoisotopic (exact) mass is 662 g/mol. The highest BCUT2D eigenvalue weighted by Crippen LogP contribution is 2.35. The van der Waals surface area contributed by atoms with Crippen molar-refractivity contribution in [2.24, 2.45) is 5.10 Å². The fraction of sp³-hybridized carbons (Fsp3) is 0.200. The van der Waals surface area contributed by atoms with Gasteiger partial charge in [0.15, 0.2) is 23.3 Å². The average molecular weight is 662 g/mol. The second kappa shape index (κ2) is 9.00. The second-order valence-electron chi connectivity index (χ2n) is 6.76. The summed E-state index contributed by atoms with van der Waals surface area (Å²) in [5, 5.41) is 3.90. The molecule has 0 saturated carbocycles. The van der Waals surface area contributed by atoms with Crippen molar-refractivity contribution in [1.82, 2.24) is 0 Å². The summed E-state index contributed by atoms with van der Waals surface area (Å²) < 4.78 is 76.0. The summed E-state index contributed by atoms with van der Waals surface area (Å²) >= 11 is 4.14. The molecular formula is C20H13F5I2N2O2. The highest BCUT2D eigenvalue weighted by atomic mass is 127. The minimum atomic E-state index is -2.31. The third kappa shape index (κ3) is 4.43. The van der Waals surface area contributed by atoms with E-state index < -0.39 is 40.7 Å². The predicted octanol–water partition coefficient (Wildman–Crippen LogP) is 6.18. The van der Waals surface area contributed by atoms with Crippen molar-refractivity contribution in [3.63, 3.8) is 0 Å². The van der Waals surface area contributed by atoms with Gasteiger partial charge in [0, 0.05) is 0 Å². The molecule has 1 aliphatic heterocycles. The Morgan fingerprint density at radius 3 is 1.94 bits per heavy atom. The van der Waals surface area contributed by atoms with Crippen molar-refractivity contribution >= 4 is 68.6 Å². The fourth-order valence-electron chi connectivity index (χ4n) is 2.79. The lowest BCUT2D eigenvalue weighted by Crippen LogP contribution is -2.25. The summed E-state index contributed by atoms with van der Waals surface area (Å²) in [4.78, 5) is 12.8. The summed E-state index contributed by atoms with van der Waals surface area (Å²) in [5.74, 6) is -11.2. The number of carbonyl (C=O) groups excluding carboxylic acids is 1. The first-order valence-electron chi connectivity index (χ1n) is 8.72. The number of halogens is 7. The van der Waals surface area contributed by atoms with Gasteiger partial charge in [0.1, 0.15) is 11.4 Å². The molecule has 3 rings (SSSR count). The largest absolute Gasteiger partial charge is 0.489 e. The van der Waals surface area contributed by atoms with Gasteiger partial charge in [-0.3, -0.25) is 4.79 Å². The first kappa shape index (κ1) is 23.9. The number of hydrazone groups is 1. The van der Waals surface area contributed by atoms with E-state index >= 15 is 0 Å². The van der Waals surface area contributed by atoms with E-state index in [-0.39, 0.29) is 22.4 Å². The van der Waals surface area contributed by atoms with Crippen molar-refractivity contribution in [3.05, 3.63) is 59.5 Å². The Bertz CT molecular complexity index is 1110. The molecule has 31 heavy (non-hydrogen) atoms. The zero-order valence-electron chi connectivity index (χ0n) is 16.2. The number of nitrogens with zero attached hydrogens (tertiary/aromatic N) is 2. The van der Waals surface area contributed by atoms with Crippen LogP contribution in [0.2, 0.25) is 0 Å². The molecule has 0 spiro atoms. The van der Waals surface area contributed by atoms with Crippen molar-refractivity contribution in [1.29, 1.82) is 0 Å². The van der Waals surface area contributed by atoms with Crippen LogP contribution in [0, 0.1) is 36.2 Å². The van der Waals surface area contributed by atoms with Crippen LogP contribution >= 0.6 is 45.2 Å². The standard InChI is InChI=1S/C20H13F5I2N2O2/c1-7(2)31-19-11(26)5-9(6-12(19)27)4-10-8(3)28-29(20(10)30)18-16(24)14(22)13(21)15(23)17(18)25/h4-7H,1-3H3/b10-4-. The number of hydrogen-bond donors (Lipinski definition) is 0. The summed E-state index contributed by atoms with van der Waals surface area (Å²) in [6.07, 6.45) is 1.38. The van der Waals surface area contributed by atoms with E-state index in [1.54, 1.807) is 12.1 Å². The molecule has 1 heterocycles. The maximum atomic E-state index is 14.1. The van der Waals surface area contributed by atoms with Gasteiger partial charge in [-0.1, -0.05) is 0 Å². The minimum absolute atomic E-state index is 0.0481. The third-order valence-corrected chi connectivity index (χ3v) is 5.75. The number of amides is 1. The number of hydrogen-bond acceptors (Lipinski definition) is 3. The van der Waals surface area contributed by atoms with Crippen LogP contribution in [0.1, 0.15) is 26.3 Å². The van der Waals surface area contributed by atoms with Gasteiger partial charge >= 0.3 is 0 Å². The molecule has 0 aromatic heterocycles. The van der Waals surface area contributed by atoms with Crippen LogP contribution in [0.25, 0.3) is 6.08 Å². The molecule has 11 heteroatoms. The Balaban J connectivity index is 2.04. The molecule has 0 unspecified atom stereocenters. The predicted molar refractivity (Wildman–Crippen MR) is 122 cm³/mol. The van der Waals surface area contributed by atoms with E-state index in [2.05, 4.69) is 50.3 Å². The van der Waals surface area contributed by atoms with Gasteiger partial charge in [-0.2, -0.15) is 10.1 Å². The lowest BCUT2D eigenvalue weighted by Gasteiger charge is -2.15. The van der Waals surface area contributed by atoms with Crippen LogP contribution in [0.15, 0.2) is 22.8 Å². The van der Waals surface area contributed by atoms with Gasteiger partial charge in [0.25, 0.3) is 5.91 Å². The smallest absolute Gasteiger partial charge is 0.280 e. The van der Waals surface area contributed by atoms with E-state index in [9.17, 15) is 26.7 Å². The maximum Gasteiger partial charge on any atom is 0.280 e. The zero-order chi connectivity index (χ0) is 23.2. The molecule has 0 fully saturated rings. The molecular weight excluding hydrogens is 649 g/mol. The second-order valence-corrected chi connectivity index (χ2v) is 9.08. The molecule has 0 atom stereocenters. The van der Waals surface area contributed by atoms with Gasteiger partial charge in [0.2, 0.25) is 5.82 Å². The molecule has 164 valence electrons. The Morgan fingerprint density at radius 1 is 0.968 bits per heavy atom. The van der Waals surface area contributed by atoms with E-state index in [4.69, 9.17) is 4.74 Å². The molecule has 0 aliphatic carbocycles. The maximum absolute atomic E-state index is 14.1. The van der Waals surface area contributed by atoms with Crippen LogP contribution in [-0.4, -0.2) is 17.7 Å². The lowest BCUT2D eigenvalue weighted by atomic mass is 10.1. The number of anilines is 1. The summed E-state index contributed by atoms with van der Waals surface area (Å²) in [7, 11) is 0. The van der Waals surface area contributed by atoms with E-state index in [0.29, 0.717) is 11.3 Å². The van der Waals surface area contributed by atoms with Gasteiger partial charge in [-0.25, -0.2) is 22.0 Å². The first-order chi connectivity index (χ1) is 14.4.